The molecule has 0 bridgehead atoms. The Balaban J connectivity index is 1.24. The largest absolute Gasteiger partial charge is 0.445 e. The van der Waals surface area contributed by atoms with E-state index in [4.69, 9.17) is 4.42 Å². The molecule has 2 aromatic heterocycles. The Bertz CT molecular complexity index is 978. The molecule has 0 atom stereocenters. The molecule has 1 fully saturated rings. The lowest BCUT2D eigenvalue weighted by molar-refractivity contribution is 0.0727. The first-order valence-corrected chi connectivity index (χ1v) is 9.89. The molecule has 1 amide bonds. The molecule has 1 aliphatic carbocycles. The molecule has 1 saturated carbocycles. The van der Waals surface area contributed by atoms with Crippen molar-refractivity contribution in [2.24, 2.45) is 0 Å². The first-order valence-electron chi connectivity index (χ1n) is 9.89. The number of fused-ring (bicyclic) bond motifs is 1. The van der Waals surface area contributed by atoms with Crippen LogP contribution in [0, 0.1) is 0 Å². The lowest BCUT2D eigenvalue weighted by atomic mass is 10.1. The monoisotopic (exact) mass is 374 g/mol. The summed E-state index contributed by atoms with van der Waals surface area (Å²) in [6.07, 6.45) is 7.98. The Hall–Kier alpha value is -3.02. The van der Waals surface area contributed by atoms with Gasteiger partial charge in [-0.1, -0.05) is 30.3 Å². The topological polar surface area (TPSA) is 72.1 Å². The molecule has 0 radical (unpaired) electrons. The summed E-state index contributed by atoms with van der Waals surface area (Å²) in [5.41, 5.74) is 2.68. The van der Waals surface area contributed by atoms with E-state index in [9.17, 15) is 4.79 Å². The highest BCUT2D eigenvalue weighted by atomic mass is 16.4. The molecule has 28 heavy (non-hydrogen) atoms. The fourth-order valence-corrected chi connectivity index (χ4v) is 3.61. The van der Waals surface area contributed by atoms with Crippen molar-refractivity contribution in [3.63, 3.8) is 0 Å². The highest BCUT2D eigenvalue weighted by Crippen LogP contribution is 2.37. The van der Waals surface area contributed by atoms with Gasteiger partial charge in [-0.15, -0.1) is 0 Å². The second kappa shape index (κ2) is 7.19. The van der Waals surface area contributed by atoms with E-state index in [1.807, 2.05) is 18.2 Å². The van der Waals surface area contributed by atoms with Gasteiger partial charge >= 0.3 is 0 Å². The van der Waals surface area contributed by atoms with Crippen LogP contribution in [-0.2, 0) is 25.8 Å². The molecular formula is C22H22N4O2. The van der Waals surface area contributed by atoms with Gasteiger partial charge in [0.05, 0.1) is 12.1 Å². The van der Waals surface area contributed by atoms with E-state index in [0.29, 0.717) is 31.0 Å². The van der Waals surface area contributed by atoms with Crippen molar-refractivity contribution in [2.75, 3.05) is 6.54 Å². The van der Waals surface area contributed by atoms with Crippen LogP contribution in [0.3, 0.4) is 0 Å². The van der Waals surface area contributed by atoms with Gasteiger partial charge in [0.1, 0.15) is 17.3 Å². The van der Waals surface area contributed by atoms with Crippen molar-refractivity contribution < 1.29 is 9.21 Å². The predicted molar refractivity (Wildman–Crippen MR) is 103 cm³/mol. The average Bonchev–Trinajstić information content (AvgIpc) is 3.52. The maximum absolute atomic E-state index is 12.8. The third kappa shape index (κ3) is 3.54. The number of rotatable bonds is 5. The number of carbonyl (C=O) groups is 1. The Morgan fingerprint density at radius 3 is 2.64 bits per heavy atom. The third-order valence-corrected chi connectivity index (χ3v) is 5.39. The summed E-state index contributed by atoms with van der Waals surface area (Å²) >= 11 is 0. The number of benzene rings is 1. The van der Waals surface area contributed by atoms with E-state index in [2.05, 4.69) is 27.1 Å². The van der Waals surface area contributed by atoms with E-state index in [0.717, 1.165) is 48.9 Å². The third-order valence-electron chi connectivity index (χ3n) is 5.39. The molecule has 0 unspecified atom stereocenters. The molecule has 1 aliphatic heterocycles. The summed E-state index contributed by atoms with van der Waals surface area (Å²) in [7, 11) is 0. The maximum Gasteiger partial charge on any atom is 0.257 e. The van der Waals surface area contributed by atoms with Gasteiger partial charge in [-0.3, -0.25) is 4.79 Å². The zero-order valence-electron chi connectivity index (χ0n) is 15.7. The van der Waals surface area contributed by atoms with Gasteiger partial charge in [-0.2, -0.15) is 0 Å². The minimum atomic E-state index is -0.0400. The smallest absolute Gasteiger partial charge is 0.257 e. The fourth-order valence-electron chi connectivity index (χ4n) is 3.61. The number of hydrogen-bond donors (Lipinski definition) is 0. The van der Waals surface area contributed by atoms with Gasteiger partial charge in [0.15, 0.2) is 5.89 Å². The van der Waals surface area contributed by atoms with E-state index in [1.165, 1.54) is 5.56 Å². The van der Waals surface area contributed by atoms with Gasteiger partial charge in [-0.05, 0) is 24.8 Å². The van der Waals surface area contributed by atoms with Crippen molar-refractivity contribution in [1.29, 1.82) is 0 Å². The van der Waals surface area contributed by atoms with Crippen molar-refractivity contribution in [1.82, 2.24) is 19.9 Å². The number of carbonyl (C=O) groups excluding carboxylic acids is 1. The molecule has 3 aromatic rings. The molecule has 2 aliphatic rings. The van der Waals surface area contributed by atoms with Crippen LogP contribution in [0.15, 0.2) is 47.1 Å². The van der Waals surface area contributed by atoms with Crippen LogP contribution in [0.25, 0.3) is 0 Å². The molecule has 142 valence electrons. The highest BCUT2D eigenvalue weighted by Gasteiger charge is 2.28. The average molecular weight is 374 g/mol. The van der Waals surface area contributed by atoms with Gasteiger partial charge in [0.25, 0.3) is 5.91 Å². The van der Waals surface area contributed by atoms with Crippen molar-refractivity contribution in [3.05, 3.63) is 77.0 Å². The Labute approximate surface area is 163 Å². The second-order valence-electron chi connectivity index (χ2n) is 7.54. The molecule has 0 spiro atoms. The lowest BCUT2D eigenvalue weighted by Crippen LogP contribution is -2.36. The van der Waals surface area contributed by atoms with E-state index >= 15 is 0 Å². The van der Waals surface area contributed by atoms with Crippen LogP contribution in [0.4, 0.5) is 0 Å². The van der Waals surface area contributed by atoms with Crippen molar-refractivity contribution in [2.45, 2.75) is 44.6 Å². The van der Waals surface area contributed by atoms with Gasteiger partial charge < -0.3 is 9.32 Å². The van der Waals surface area contributed by atoms with Crippen molar-refractivity contribution in [3.8, 4) is 0 Å². The van der Waals surface area contributed by atoms with Crippen LogP contribution < -0.4 is 0 Å². The molecule has 6 heteroatoms. The zero-order valence-corrected chi connectivity index (χ0v) is 15.7. The van der Waals surface area contributed by atoms with Crippen LogP contribution in [-0.4, -0.2) is 32.3 Å². The minimum absolute atomic E-state index is 0.0400. The normalized spacial score (nSPS) is 16.1. The maximum atomic E-state index is 12.8. The molecule has 0 saturated heterocycles. The Morgan fingerprint density at radius 2 is 1.89 bits per heavy atom. The van der Waals surface area contributed by atoms with E-state index < -0.39 is 0 Å². The van der Waals surface area contributed by atoms with Crippen molar-refractivity contribution >= 4 is 5.91 Å². The number of oxazole rings is 1. The lowest BCUT2D eigenvalue weighted by Gasteiger charge is -2.25. The van der Waals surface area contributed by atoms with Crippen LogP contribution >= 0.6 is 0 Å². The Kier molecular flexibility index (Phi) is 4.39. The highest BCUT2D eigenvalue weighted by molar-refractivity contribution is 5.93. The van der Waals surface area contributed by atoms with E-state index in [-0.39, 0.29) is 5.91 Å². The molecule has 0 N–H and O–H groups in total. The summed E-state index contributed by atoms with van der Waals surface area (Å²) < 4.78 is 5.94. The summed E-state index contributed by atoms with van der Waals surface area (Å²) in [6, 6.07) is 10.3. The minimum Gasteiger partial charge on any atom is -0.445 e. The van der Waals surface area contributed by atoms with Crippen LogP contribution in [0.2, 0.25) is 0 Å². The van der Waals surface area contributed by atoms with Crippen LogP contribution in [0.5, 0.6) is 0 Å². The Morgan fingerprint density at radius 1 is 1.11 bits per heavy atom. The number of aromatic nitrogens is 3. The summed E-state index contributed by atoms with van der Waals surface area (Å²) in [5.74, 6) is 2.97. The number of amides is 1. The standard InChI is InChI=1S/C22H22N4O2/c27-22(17-12-23-21(24-13-17)16-7-8-16)26-11-10-19-18(14-26)25-20(28-19)9-6-15-4-2-1-3-5-15/h1-5,12-13,16H,6-11,14H2. The number of nitrogens with zero attached hydrogens (tertiary/aromatic N) is 4. The zero-order chi connectivity index (χ0) is 18.9. The summed E-state index contributed by atoms with van der Waals surface area (Å²) in [6.45, 7) is 1.11. The van der Waals surface area contributed by atoms with Crippen LogP contribution in [0.1, 0.15) is 57.9 Å². The second-order valence-corrected chi connectivity index (χ2v) is 7.54. The summed E-state index contributed by atoms with van der Waals surface area (Å²) in [4.78, 5) is 28.0. The molecule has 5 rings (SSSR count). The number of hydrogen-bond acceptors (Lipinski definition) is 5. The predicted octanol–water partition coefficient (Wildman–Crippen LogP) is 3.33. The first-order chi connectivity index (χ1) is 13.8. The van der Waals surface area contributed by atoms with E-state index in [1.54, 1.807) is 17.3 Å². The summed E-state index contributed by atoms with van der Waals surface area (Å²) in [5, 5.41) is 0. The fraction of sp³-hybridized carbons (Fsp3) is 0.364. The quantitative estimate of drug-likeness (QED) is 0.685. The first kappa shape index (κ1) is 17.1. The van der Waals surface area contributed by atoms with Gasteiger partial charge in [0.2, 0.25) is 0 Å². The van der Waals surface area contributed by atoms with Gasteiger partial charge in [0, 0.05) is 37.7 Å². The molecule has 3 heterocycles. The number of aryl methyl sites for hydroxylation is 2. The molecule has 6 nitrogen and oxygen atoms in total. The van der Waals surface area contributed by atoms with Gasteiger partial charge in [-0.25, -0.2) is 15.0 Å². The SMILES string of the molecule is O=C(c1cnc(C2CC2)nc1)N1CCc2oc(CCc3ccccc3)nc2C1. The molecule has 1 aromatic carbocycles. The molecular weight excluding hydrogens is 352 g/mol.